The molecule has 19 heavy (non-hydrogen) atoms. The number of aromatic nitrogens is 5. The van der Waals surface area contributed by atoms with Crippen molar-refractivity contribution in [2.45, 2.75) is 0 Å². The van der Waals surface area contributed by atoms with Gasteiger partial charge in [0.1, 0.15) is 5.69 Å². The van der Waals surface area contributed by atoms with Crippen LogP contribution in [0.5, 0.6) is 0 Å². The lowest BCUT2D eigenvalue weighted by Crippen LogP contribution is -2.10. The third-order valence-corrected chi connectivity index (χ3v) is 2.63. The Labute approximate surface area is 108 Å². The summed E-state index contributed by atoms with van der Waals surface area (Å²) in [7, 11) is 0. The number of hydrogen-bond acceptors (Lipinski definition) is 5. The first-order valence-electron chi connectivity index (χ1n) is 5.64. The number of rotatable bonds is 3. The molecular formula is C13H9N5O. The maximum absolute atomic E-state index is 12.3. The van der Waals surface area contributed by atoms with Gasteiger partial charge in [-0.1, -0.05) is 23.4 Å². The summed E-state index contributed by atoms with van der Waals surface area (Å²) >= 11 is 0. The van der Waals surface area contributed by atoms with Crippen LogP contribution in [-0.4, -0.2) is 31.0 Å². The first-order chi connectivity index (χ1) is 9.36. The van der Waals surface area contributed by atoms with Gasteiger partial charge in [-0.15, -0.1) is 5.10 Å². The van der Waals surface area contributed by atoms with E-state index < -0.39 is 0 Å². The molecule has 2 heterocycles. The summed E-state index contributed by atoms with van der Waals surface area (Å²) in [5, 5.41) is 15.1. The second kappa shape index (κ2) is 4.77. The minimum absolute atomic E-state index is 0.191. The van der Waals surface area contributed by atoms with E-state index in [0.717, 1.165) is 5.69 Å². The van der Waals surface area contributed by atoms with E-state index in [1.165, 1.54) is 23.3 Å². The molecule has 6 heteroatoms. The van der Waals surface area contributed by atoms with Gasteiger partial charge in [0, 0.05) is 5.56 Å². The Morgan fingerprint density at radius 1 is 0.947 bits per heavy atom. The molecule has 0 spiro atoms. The van der Waals surface area contributed by atoms with Crippen molar-refractivity contribution in [3.05, 3.63) is 66.2 Å². The van der Waals surface area contributed by atoms with Crippen LogP contribution in [-0.2, 0) is 0 Å². The number of ketones is 1. The third kappa shape index (κ3) is 2.11. The molecule has 0 atom stereocenters. The number of benzene rings is 1. The second-order valence-electron chi connectivity index (χ2n) is 3.83. The number of carbonyl (C=O) groups is 1. The quantitative estimate of drug-likeness (QED) is 0.656. The van der Waals surface area contributed by atoms with Crippen molar-refractivity contribution in [2.24, 2.45) is 0 Å². The maximum atomic E-state index is 12.3. The Morgan fingerprint density at radius 3 is 2.53 bits per heavy atom. The van der Waals surface area contributed by atoms with Gasteiger partial charge in [-0.25, -0.2) is 4.68 Å². The van der Waals surface area contributed by atoms with Crippen molar-refractivity contribution in [1.82, 2.24) is 25.2 Å². The van der Waals surface area contributed by atoms with E-state index in [2.05, 4.69) is 20.5 Å². The van der Waals surface area contributed by atoms with E-state index in [-0.39, 0.29) is 5.78 Å². The standard InChI is InChI=1S/C13H9N5O/c19-13(10-6-7-14-15-8-10)12-9-16-17-18(12)11-4-2-1-3-5-11/h1-9H. The Balaban J connectivity index is 2.04. The molecule has 3 rings (SSSR count). The molecule has 0 aliphatic rings. The predicted octanol–water partition coefficient (Wildman–Crippen LogP) is 1.29. The molecule has 0 radical (unpaired) electrons. The van der Waals surface area contributed by atoms with Crippen LogP contribution in [0.4, 0.5) is 0 Å². The largest absolute Gasteiger partial charge is 0.287 e. The molecule has 0 fully saturated rings. The second-order valence-corrected chi connectivity index (χ2v) is 3.83. The Bertz CT molecular complexity index is 693. The zero-order chi connectivity index (χ0) is 13.1. The van der Waals surface area contributed by atoms with Gasteiger partial charge < -0.3 is 0 Å². The average molecular weight is 251 g/mol. The summed E-state index contributed by atoms with van der Waals surface area (Å²) in [5.41, 5.74) is 1.62. The van der Waals surface area contributed by atoms with Gasteiger partial charge in [0.05, 0.1) is 24.3 Å². The summed E-state index contributed by atoms with van der Waals surface area (Å²) < 4.78 is 1.50. The van der Waals surface area contributed by atoms with Crippen LogP contribution in [0.15, 0.2) is 55.0 Å². The minimum atomic E-state index is -0.191. The smallest absolute Gasteiger partial charge is 0.214 e. The Morgan fingerprint density at radius 2 is 1.79 bits per heavy atom. The normalized spacial score (nSPS) is 10.3. The molecule has 6 nitrogen and oxygen atoms in total. The van der Waals surface area contributed by atoms with Crippen LogP contribution in [0.3, 0.4) is 0 Å². The SMILES string of the molecule is O=C(c1ccnnc1)c1cnnn1-c1ccccc1. The van der Waals surface area contributed by atoms with E-state index in [4.69, 9.17) is 0 Å². The lowest BCUT2D eigenvalue weighted by molar-refractivity contribution is 0.103. The van der Waals surface area contributed by atoms with Crippen LogP contribution in [0, 0.1) is 0 Å². The van der Waals surface area contributed by atoms with Crippen LogP contribution >= 0.6 is 0 Å². The van der Waals surface area contributed by atoms with Crippen molar-refractivity contribution in [3.8, 4) is 5.69 Å². The molecule has 0 amide bonds. The lowest BCUT2D eigenvalue weighted by atomic mass is 10.1. The van der Waals surface area contributed by atoms with Crippen LogP contribution in [0.25, 0.3) is 5.69 Å². The fourth-order valence-electron chi connectivity index (χ4n) is 1.72. The zero-order valence-corrected chi connectivity index (χ0v) is 9.84. The molecule has 0 aliphatic heterocycles. The number of carbonyl (C=O) groups excluding carboxylic acids is 1. The molecule has 0 unspecified atom stereocenters. The van der Waals surface area contributed by atoms with Crippen molar-refractivity contribution in [2.75, 3.05) is 0 Å². The number of hydrogen-bond donors (Lipinski definition) is 0. The molecule has 1 aromatic carbocycles. The highest BCUT2D eigenvalue weighted by atomic mass is 16.1. The van der Waals surface area contributed by atoms with Crippen molar-refractivity contribution >= 4 is 5.78 Å². The maximum Gasteiger partial charge on any atom is 0.214 e. The van der Waals surface area contributed by atoms with E-state index in [1.54, 1.807) is 6.07 Å². The fourth-order valence-corrected chi connectivity index (χ4v) is 1.72. The van der Waals surface area contributed by atoms with Gasteiger partial charge in [-0.3, -0.25) is 4.79 Å². The van der Waals surface area contributed by atoms with Crippen molar-refractivity contribution in [1.29, 1.82) is 0 Å². The molecule has 92 valence electrons. The molecule has 2 aromatic heterocycles. The summed E-state index contributed by atoms with van der Waals surface area (Å²) in [5.74, 6) is -0.191. The summed E-state index contributed by atoms with van der Waals surface area (Å²) in [6.07, 6.45) is 4.34. The molecule has 0 bridgehead atoms. The van der Waals surface area contributed by atoms with Gasteiger partial charge in [0.15, 0.2) is 0 Å². The highest BCUT2D eigenvalue weighted by Gasteiger charge is 2.16. The molecule has 0 saturated carbocycles. The first kappa shape index (κ1) is 11.2. The topological polar surface area (TPSA) is 73.6 Å². The van der Waals surface area contributed by atoms with E-state index in [1.807, 2.05) is 30.3 Å². The first-order valence-corrected chi connectivity index (χ1v) is 5.64. The Hall–Kier alpha value is -2.89. The molecule has 0 saturated heterocycles. The van der Waals surface area contributed by atoms with Crippen LogP contribution in [0.2, 0.25) is 0 Å². The van der Waals surface area contributed by atoms with Crippen LogP contribution in [0.1, 0.15) is 16.1 Å². The monoisotopic (exact) mass is 251 g/mol. The summed E-state index contributed by atoms with van der Waals surface area (Å²) in [6, 6.07) is 11.0. The average Bonchev–Trinajstić information content (AvgIpc) is 2.98. The van der Waals surface area contributed by atoms with E-state index >= 15 is 0 Å². The van der Waals surface area contributed by atoms with Gasteiger partial charge in [0.25, 0.3) is 0 Å². The highest BCUT2D eigenvalue weighted by molar-refractivity contribution is 6.07. The summed E-state index contributed by atoms with van der Waals surface area (Å²) in [6.45, 7) is 0. The van der Waals surface area contributed by atoms with Gasteiger partial charge in [-0.05, 0) is 18.2 Å². The highest BCUT2D eigenvalue weighted by Crippen LogP contribution is 2.12. The van der Waals surface area contributed by atoms with Gasteiger partial charge >= 0.3 is 0 Å². The van der Waals surface area contributed by atoms with Gasteiger partial charge in [-0.2, -0.15) is 10.2 Å². The molecule has 0 N–H and O–H groups in total. The lowest BCUT2D eigenvalue weighted by Gasteiger charge is -2.04. The van der Waals surface area contributed by atoms with E-state index in [9.17, 15) is 4.79 Å². The molecular weight excluding hydrogens is 242 g/mol. The zero-order valence-electron chi connectivity index (χ0n) is 9.84. The van der Waals surface area contributed by atoms with Gasteiger partial charge in [0.2, 0.25) is 5.78 Å². The minimum Gasteiger partial charge on any atom is -0.287 e. The predicted molar refractivity (Wildman–Crippen MR) is 66.8 cm³/mol. The fraction of sp³-hybridized carbons (Fsp3) is 0. The van der Waals surface area contributed by atoms with Crippen molar-refractivity contribution in [3.63, 3.8) is 0 Å². The Kier molecular flexibility index (Phi) is 2.82. The van der Waals surface area contributed by atoms with E-state index in [0.29, 0.717) is 11.3 Å². The van der Waals surface area contributed by atoms with Crippen LogP contribution < -0.4 is 0 Å². The number of para-hydroxylation sites is 1. The number of nitrogens with zero attached hydrogens (tertiary/aromatic N) is 5. The van der Waals surface area contributed by atoms with Crippen molar-refractivity contribution < 1.29 is 4.79 Å². The summed E-state index contributed by atoms with van der Waals surface area (Å²) in [4.78, 5) is 12.3. The molecule has 3 aromatic rings. The third-order valence-electron chi connectivity index (χ3n) is 2.63. The molecule has 0 aliphatic carbocycles.